The molecule has 0 spiro atoms. The number of aliphatic hydroxyl groups excluding tert-OH is 3. The first-order chi connectivity index (χ1) is 9.52. The second-order valence-electron chi connectivity index (χ2n) is 4.52. The Morgan fingerprint density at radius 2 is 2.00 bits per heavy atom. The highest BCUT2D eigenvalue weighted by atomic mass is 16.6. The number of imidazole rings is 1. The fourth-order valence-corrected chi connectivity index (χ4v) is 2.25. The van der Waals surface area contributed by atoms with Gasteiger partial charge < -0.3 is 31.5 Å². The summed E-state index contributed by atoms with van der Waals surface area (Å²) in [6.07, 6.45) is -2.92. The Labute approximate surface area is 112 Å². The minimum Gasteiger partial charge on any atom is -0.394 e. The standard InChI is InChI=1S/C10H14N6O4/c11-7-4-8(15-10(12)14-7)16(2-13-4)9-6(19)5(18)3(1-17)20-9/h2-3,5-6,9,17-19H,1H2,(H4,11,12,14,15)/t3?,5?,6-,9?/m0/s1. The smallest absolute Gasteiger partial charge is 0.224 e. The van der Waals surface area contributed by atoms with E-state index in [1.165, 1.54) is 10.9 Å². The van der Waals surface area contributed by atoms with Crippen LogP contribution in [0.1, 0.15) is 6.23 Å². The van der Waals surface area contributed by atoms with Crippen LogP contribution in [0.4, 0.5) is 11.8 Å². The zero-order chi connectivity index (χ0) is 14.4. The quantitative estimate of drug-likeness (QED) is 0.403. The number of nitrogens with zero attached hydrogens (tertiary/aromatic N) is 4. The normalized spacial score (nSPS) is 30.1. The number of nitrogens with two attached hydrogens (primary N) is 2. The molecule has 3 rings (SSSR count). The lowest BCUT2D eigenvalue weighted by molar-refractivity contribution is -0.0511. The number of rotatable bonds is 2. The van der Waals surface area contributed by atoms with Crippen molar-refractivity contribution < 1.29 is 20.1 Å². The molecular weight excluding hydrogens is 268 g/mol. The van der Waals surface area contributed by atoms with Gasteiger partial charge in [0.15, 0.2) is 17.7 Å². The van der Waals surface area contributed by atoms with Crippen molar-refractivity contribution in [3.8, 4) is 0 Å². The molecule has 20 heavy (non-hydrogen) atoms. The van der Waals surface area contributed by atoms with Gasteiger partial charge in [-0.1, -0.05) is 0 Å². The topological polar surface area (TPSA) is 166 Å². The van der Waals surface area contributed by atoms with E-state index in [1.54, 1.807) is 0 Å². The van der Waals surface area contributed by atoms with Crippen LogP contribution in [0.25, 0.3) is 11.2 Å². The Balaban J connectivity index is 2.07. The van der Waals surface area contributed by atoms with Gasteiger partial charge >= 0.3 is 0 Å². The fourth-order valence-electron chi connectivity index (χ4n) is 2.25. The summed E-state index contributed by atoms with van der Waals surface area (Å²) in [4.78, 5) is 11.8. The van der Waals surface area contributed by atoms with Gasteiger partial charge in [0.25, 0.3) is 0 Å². The SMILES string of the molecule is Nc1nc(N)c2ncn(C3OC(CO)C(O)[C@@H]3O)c2n1. The summed E-state index contributed by atoms with van der Waals surface area (Å²) in [5, 5.41) is 28.8. The third-order valence-electron chi connectivity index (χ3n) is 3.26. The van der Waals surface area contributed by atoms with E-state index in [1.807, 2.05) is 0 Å². The predicted molar refractivity (Wildman–Crippen MR) is 67.2 cm³/mol. The van der Waals surface area contributed by atoms with Crippen LogP contribution >= 0.6 is 0 Å². The fraction of sp³-hybridized carbons (Fsp3) is 0.500. The number of anilines is 2. The van der Waals surface area contributed by atoms with Crippen molar-refractivity contribution in [2.75, 3.05) is 18.1 Å². The van der Waals surface area contributed by atoms with Gasteiger partial charge in [-0.25, -0.2) is 4.98 Å². The summed E-state index contributed by atoms with van der Waals surface area (Å²) in [7, 11) is 0. The second-order valence-corrected chi connectivity index (χ2v) is 4.52. The van der Waals surface area contributed by atoms with Crippen molar-refractivity contribution in [1.29, 1.82) is 0 Å². The van der Waals surface area contributed by atoms with Gasteiger partial charge in [0.05, 0.1) is 12.9 Å². The Morgan fingerprint density at radius 1 is 1.25 bits per heavy atom. The van der Waals surface area contributed by atoms with Crippen LogP contribution in [0.2, 0.25) is 0 Å². The number of nitrogen functional groups attached to an aromatic ring is 2. The van der Waals surface area contributed by atoms with E-state index < -0.39 is 31.1 Å². The molecule has 0 bridgehead atoms. The van der Waals surface area contributed by atoms with E-state index in [2.05, 4.69) is 15.0 Å². The number of fused-ring (bicyclic) bond motifs is 1. The van der Waals surface area contributed by atoms with E-state index in [9.17, 15) is 10.2 Å². The third-order valence-corrected chi connectivity index (χ3v) is 3.26. The van der Waals surface area contributed by atoms with Crippen molar-refractivity contribution in [2.24, 2.45) is 0 Å². The maximum atomic E-state index is 9.99. The molecule has 1 fully saturated rings. The first-order valence-electron chi connectivity index (χ1n) is 5.91. The first-order valence-corrected chi connectivity index (χ1v) is 5.91. The van der Waals surface area contributed by atoms with E-state index >= 15 is 0 Å². The van der Waals surface area contributed by atoms with Gasteiger partial charge in [0.1, 0.15) is 23.8 Å². The minimum absolute atomic E-state index is 0.0384. The molecule has 4 atom stereocenters. The van der Waals surface area contributed by atoms with Gasteiger partial charge in [0.2, 0.25) is 5.95 Å². The molecule has 2 aromatic rings. The van der Waals surface area contributed by atoms with Crippen molar-refractivity contribution >= 4 is 22.9 Å². The van der Waals surface area contributed by atoms with E-state index in [0.717, 1.165) is 0 Å². The lowest BCUT2D eigenvalue weighted by Crippen LogP contribution is -2.33. The molecule has 1 aliphatic rings. The van der Waals surface area contributed by atoms with Crippen LogP contribution in [0.15, 0.2) is 6.33 Å². The highest BCUT2D eigenvalue weighted by Gasteiger charge is 2.44. The van der Waals surface area contributed by atoms with Gasteiger partial charge in [-0.05, 0) is 0 Å². The van der Waals surface area contributed by atoms with Crippen molar-refractivity contribution in [3.63, 3.8) is 0 Å². The molecule has 0 aliphatic carbocycles. The zero-order valence-electron chi connectivity index (χ0n) is 10.3. The highest BCUT2D eigenvalue weighted by Crippen LogP contribution is 2.31. The Kier molecular flexibility index (Phi) is 2.94. The largest absolute Gasteiger partial charge is 0.394 e. The molecule has 1 aliphatic heterocycles. The minimum atomic E-state index is -1.23. The Hall–Kier alpha value is -2.01. The number of aromatic nitrogens is 4. The molecule has 2 aromatic heterocycles. The van der Waals surface area contributed by atoms with Crippen molar-refractivity contribution in [2.45, 2.75) is 24.5 Å². The summed E-state index contributed by atoms with van der Waals surface area (Å²) in [6, 6.07) is 0. The third kappa shape index (κ3) is 1.78. The van der Waals surface area contributed by atoms with Crippen LogP contribution < -0.4 is 11.5 Å². The van der Waals surface area contributed by atoms with Gasteiger partial charge in [-0.3, -0.25) is 4.57 Å². The summed E-state index contributed by atoms with van der Waals surface area (Å²) in [5.41, 5.74) is 11.8. The monoisotopic (exact) mass is 282 g/mol. The van der Waals surface area contributed by atoms with Gasteiger partial charge in [-0.2, -0.15) is 9.97 Å². The molecule has 108 valence electrons. The summed E-state index contributed by atoms with van der Waals surface area (Å²) < 4.78 is 6.79. The molecule has 10 heteroatoms. The average Bonchev–Trinajstić information content (AvgIpc) is 2.93. The molecule has 0 saturated carbocycles. The molecule has 7 N–H and O–H groups in total. The van der Waals surface area contributed by atoms with E-state index in [0.29, 0.717) is 5.52 Å². The van der Waals surface area contributed by atoms with Gasteiger partial charge in [0, 0.05) is 0 Å². The molecule has 0 amide bonds. The summed E-state index contributed by atoms with van der Waals surface area (Å²) in [6.45, 7) is -0.416. The second kappa shape index (κ2) is 4.52. The summed E-state index contributed by atoms with van der Waals surface area (Å²) >= 11 is 0. The molecule has 0 aromatic carbocycles. The predicted octanol–water partition coefficient (Wildman–Crippen LogP) is -2.40. The van der Waals surface area contributed by atoms with Crippen molar-refractivity contribution in [1.82, 2.24) is 19.5 Å². The van der Waals surface area contributed by atoms with Gasteiger partial charge in [-0.15, -0.1) is 0 Å². The maximum absolute atomic E-state index is 9.99. The van der Waals surface area contributed by atoms with Crippen LogP contribution in [-0.4, -0.2) is 59.8 Å². The number of hydrogen-bond acceptors (Lipinski definition) is 9. The summed E-state index contributed by atoms with van der Waals surface area (Å²) in [5.74, 6) is 0.0708. The van der Waals surface area contributed by atoms with Crippen LogP contribution in [0, 0.1) is 0 Å². The van der Waals surface area contributed by atoms with E-state index in [4.69, 9.17) is 21.3 Å². The number of aliphatic hydroxyl groups is 3. The number of hydrogen-bond donors (Lipinski definition) is 5. The molecule has 1 saturated heterocycles. The Bertz CT molecular complexity index is 646. The Morgan fingerprint density at radius 3 is 2.65 bits per heavy atom. The highest BCUT2D eigenvalue weighted by molar-refractivity contribution is 5.82. The lowest BCUT2D eigenvalue weighted by Gasteiger charge is -2.16. The van der Waals surface area contributed by atoms with Crippen LogP contribution in [-0.2, 0) is 4.74 Å². The molecular formula is C10H14N6O4. The average molecular weight is 282 g/mol. The van der Waals surface area contributed by atoms with E-state index in [-0.39, 0.29) is 17.4 Å². The maximum Gasteiger partial charge on any atom is 0.224 e. The van der Waals surface area contributed by atoms with Crippen LogP contribution in [0.3, 0.4) is 0 Å². The molecule has 10 nitrogen and oxygen atoms in total. The zero-order valence-corrected chi connectivity index (χ0v) is 10.3. The van der Waals surface area contributed by atoms with Crippen LogP contribution in [0.5, 0.6) is 0 Å². The molecule has 3 heterocycles. The molecule has 0 radical (unpaired) electrons. The van der Waals surface area contributed by atoms with Crippen molar-refractivity contribution in [3.05, 3.63) is 6.33 Å². The number of ether oxygens (including phenoxy) is 1. The first kappa shape index (κ1) is 13.0. The molecule has 3 unspecified atom stereocenters. The lowest BCUT2D eigenvalue weighted by atomic mass is 10.1.